The average Bonchev–Trinajstić information content (AvgIpc) is 3.36. The summed E-state index contributed by atoms with van der Waals surface area (Å²) in [6.45, 7) is 7.91. The van der Waals surface area contributed by atoms with Crippen molar-refractivity contribution in [1.29, 1.82) is 0 Å². The third-order valence-corrected chi connectivity index (χ3v) is 7.54. The normalized spacial score (nSPS) is 14.5. The van der Waals surface area contributed by atoms with E-state index in [9.17, 15) is 9.18 Å². The zero-order valence-electron chi connectivity index (χ0n) is 22.1. The van der Waals surface area contributed by atoms with E-state index in [1.807, 2.05) is 25.1 Å². The highest BCUT2D eigenvalue weighted by molar-refractivity contribution is 7.98. The summed E-state index contributed by atoms with van der Waals surface area (Å²) < 4.78 is 15.9. The topological polar surface area (TPSA) is 88.0 Å². The molecule has 4 aromatic rings. The zero-order chi connectivity index (χ0) is 27.4. The number of benzene rings is 2. The maximum atomic E-state index is 14.2. The molecule has 8 nitrogen and oxygen atoms in total. The van der Waals surface area contributed by atoms with Crippen LogP contribution in [0.1, 0.15) is 37.9 Å². The first-order chi connectivity index (χ1) is 19.0. The lowest BCUT2D eigenvalue weighted by Gasteiger charge is -2.29. The molecule has 0 fully saturated rings. The molecule has 39 heavy (non-hydrogen) atoms. The summed E-state index contributed by atoms with van der Waals surface area (Å²) in [5.74, 6) is 0.400. The number of rotatable bonds is 9. The molecule has 200 valence electrons. The van der Waals surface area contributed by atoms with Crippen LogP contribution in [0.25, 0.3) is 0 Å². The van der Waals surface area contributed by atoms with Crippen molar-refractivity contribution in [2.75, 3.05) is 28.6 Å². The van der Waals surface area contributed by atoms with Crippen LogP contribution in [0.15, 0.2) is 89.5 Å². The number of carbonyl (C=O) groups is 1. The number of fused-ring (bicyclic) bond motifs is 1. The van der Waals surface area contributed by atoms with Gasteiger partial charge in [-0.1, -0.05) is 42.1 Å². The van der Waals surface area contributed by atoms with Crippen molar-refractivity contribution < 1.29 is 9.18 Å². The number of carbonyl (C=O) groups excluding carboxylic acids is 1. The molecule has 2 N–H and O–H groups in total. The number of hydrogen-bond donors (Lipinski definition) is 2. The minimum Gasteiger partial charge on any atom is -0.372 e. The lowest BCUT2D eigenvalue weighted by Crippen LogP contribution is -2.31. The first-order valence-electron chi connectivity index (χ1n) is 12.8. The number of nitrogens with one attached hydrogen (secondary N) is 2. The number of aromatic nitrogens is 4. The first-order valence-corrected chi connectivity index (χ1v) is 13.8. The van der Waals surface area contributed by atoms with Crippen molar-refractivity contribution in [1.82, 2.24) is 19.7 Å². The molecule has 0 bridgehead atoms. The minimum absolute atomic E-state index is 0.257. The first kappa shape index (κ1) is 26.4. The van der Waals surface area contributed by atoms with E-state index in [4.69, 9.17) is 5.10 Å². The molecule has 2 aromatic heterocycles. The summed E-state index contributed by atoms with van der Waals surface area (Å²) in [4.78, 5) is 24.7. The van der Waals surface area contributed by atoms with Gasteiger partial charge in [-0.3, -0.25) is 9.78 Å². The Hall–Kier alpha value is -4.18. The summed E-state index contributed by atoms with van der Waals surface area (Å²) in [7, 11) is 0. The van der Waals surface area contributed by atoms with Crippen molar-refractivity contribution >= 4 is 35.0 Å². The summed E-state index contributed by atoms with van der Waals surface area (Å²) in [6, 6.07) is 17.9. The Morgan fingerprint density at radius 2 is 1.87 bits per heavy atom. The van der Waals surface area contributed by atoms with E-state index in [-0.39, 0.29) is 11.7 Å². The molecule has 1 amide bonds. The number of nitrogens with zero attached hydrogens (tertiary/aromatic N) is 5. The Morgan fingerprint density at radius 3 is 2.56 bits per heavy atom. The Balaban J connectivity index is 1.50. The lowest BCUT2D eigenvalue weighted by molar-refractivity contribution is -0.113. The molecule has 0 saturated heterocycles. The van der Waals surface area contributed by atoms with Crippen molar-refractivity contribution in [3.05, 3.63) is 101 Å². The van der Waals surface area contributed by atoms with Crippen LogP contribution in [0.5, 0.6) is 0 Å². The Labute approximate surface area is 231 Å². The number of amides is 1. The monoisotopic (exact) mass is 543 g/mol. The maximum absolute atomic E-state index is 14.2. The van der Waals surface area contributed by atoms with Crippen LogP contribution < -0.4 is 15.5 Å². The quantitative estimate of drug-likeness (QED) is 0.255. The second-order valence-corrected chi connectivity index (χ2v) is 10.0. The second kappa shape index (κ2) is 11.7. The molecule has 0 aliphatic carbocycles. The van der Waals surface area contributed by atoms with Crippen molar-refractivity contribution in [2.45, 2.75) is 37.7 Å². The Morgan fingerprint density at radius 1 is 1.10 bits per heavy atom. The standard InChI is InChI=1S/C29H30FN7OS/c1-4-36(5-2)23-14-12-20(13-15-23)26-25(27(38)33-22-10-8-16-31-17-22)19(3)32-28-34-29(35-37(26)28)39-18-21-9-6-7-11-24(21)30/h6-17,26H,4-5,18H2,1-3H3,(H,33,38)(H,32,34,35). The van der Waals surface area contributed by atoms with E-state index in [0.29, 0.717) is 39.4 Å². The van der Waals surface area contributed by atoms with E-state index in [1.165, 1.54) is 17.8 Å². The number of anilines is 3. The molecule has 1 aliphatic heterocycles. The summed E-state index contributed by atoms with van der Waals surface area (Å²) in [5, 5.41) is 11.5. The lowest BCUT2D eigenvalue weighted by atomic mass is 9.94. The number of allylic oxidation sites excluding steroid dienone is 1. The molecular weight excluding hydrogens is 513 g/mol. The van der Waals surface area contributed by atoms with E-state index in [0.717, 1.165) is 24.3 Å². The van der Waals surface area contributed by atoms with Gasteiger partial charge in [-0.05, 0) is 62.2 Å². The predicted molar refractivity (Wildman–Crippen MR) is 153 cm³/mol. The van der Waals surface area contributed by atoms with Gasteiger partial charge in [0.15, 0.2) is 0 Å². The molecule has 10 heteroatoms. The van der Waals surface area contributed by atoms with Crippen molar-refractivity contribution in [3.63, 3.8) is 0 Å². The average molecular weight is 544 g/mol. The predicted octanol–water partition coefficient (Wildman–Crippen LogP) is 5.88. The third kappa shape index (κ3) is 5.65. The van der Waals surface area contributed by atoms with Gasteiger partial charge in [0.2, 0.25) is 11.1 Å². The van der Waals surface area contributed by atoms with E-state index >= 15 is 0 Å². The van der Waals surface area contributed by atoms with E-state index in [1.54, 1.807) is 41.3 Å². The number of thioether (sulfide) groups is 1. The van der Waals surface area contributed by atoms with Gasteiger partial charge in [0, 0.05) is 36.4 Å². The maximum Gasteiger partial charge on any atom is 0.255 e. The summed E-state index contributed by atoms with van der Waals surface area (Å²) in [5.41, 5.74) is 4.40. The van der Waals surface area contributed by atoms with Crippen LogP contribution >= 0.6 is 11.8 Å². The molecule has 1 unspecified atom stereocenters. The minimum atomic E-state index is -0.515. The van der Waals surface area contributed by atoms with Crippen LogP contribution in [0.2, 0.25) is 0 Å². The van der Waals surface area contributed by atoms with Crippen LogP contribution in [0.3, 0.4) is 0 Å². The fourth-order valence-corrected chi connectivity index (χ4v) is 5.46. The van der Waals surface area contributed by atoms with Gasteiger partial charge in [-0.2, -0.15) is 4.98 Å². The Bertz CT molecular complexity index is 1480. The van der Waals surface area contributed by atoms with Gasteiger partial charge in [0.25, 0.3) is 5.91 Å². The molecule has 1 atom stereocenters. The smallest absolute Gasteiger partial charge is 0.255 e. The van der Waals surface area contributed by atoms with Crippen LogP contribution in [-0.2, 0) is 10.5 Å². The zero-order valence-corrected chi connectivity index (χ0v) is 22.9. The van der Waals surface area contributed by atoms with Crippen LogP contribution in [0.4, 0.5) is 21.7 Å². The van der Waals surface area contributed by atoms with E-state index in [2.05, 4.69) is 51.5 Å². The molecule has 0 radical (unpaired) electrons. The van der Waals surface area contributed by atoms with Gasteiger partial charge < -0.3 is 15.5 Å². The van der Waals surface area contributed by atoms with E-state index < -0.39 is 6.04 Å². The van der Waals surface area contributed by atoms with Crippen molar-refractivity contribution in [3.8, 4) is 0 Å². The van der Waals surface area contributed by atoms with Crippen LogP contribution in [0, 0.1) is 5.82 Å². The Kier molecular flexibility index (Phi) is 7.92. The van der Waals surface area contributed by atoms with Gasteiger partial charge in [-0.15, -0.1) is 5.10 Å². The molecule has 2 aromatic carbocycles. The molecule has 1 aliphatic rings. The third-order valence-electron chi connectivity index (χ3n) is 6.65. The SMILES string of the molecule is CCN(CC)c1ccc(C2C(C(=O)Nc3cccnc3)=C(C)Nc3nc(SCc4ccccc4F)nn32)cc1. The highest BCUT2D eigenvalue weighted by atomic mass is 32.2. The highest BCUT2D eigenvalue weighted by Crippen LogP contribution is 2.37. The van der Waals surface area contributed by atoms with Gasteiger partial charge >= 0.3 is 0 Å². The van der Waals surface area contributed by atoms with Crippen molar-refractivity contribution in [2.24, 2.45) is 0 Å². The fourth-order valence-electron chi connectivity index (χ4n) is 4.64. The largest absolute Gasteiger partial charge is 0.372 e. The number of halogens is 1. The van der Waals surface area contributed by atoms with Gasteiger partial charge in [-0.25, -0.2) is 9.07 Å². The summed E-state index contributed by atoms with van der Waals surface area (Å²) in [6.07, 6.45) is 3.26. The molecule has 0 spiro atoms. The number of pyridine rings is 1. The van der Waals surface area contributed by atoms with Gasteiger partial charge in [0.1, 0.15) is 11.9 Å². The number of hydrogen-bond acceptors (Lipinski definition) is 7. The molecule has 5 rings (SSSR count). The van der Waals surface area contributed by atoms with Crippen LogP contribution in [-0.4, -0.2) is 38.7 Å². The second-order valence-electron chi connectivity index (χ2n) is 9.07. The fraction of sp³-hybridized carbons (Fsp3) is 0.241. The van der Waals surface area contributed by atoms with Gasteiger partial charge in [0.05, 0.1) is 17.5 Å². The molecular formula is C29H30FN7OS. The molecule has 0 saturated carbocycles. The highest BCUT2D eigenvalue weighted by Gasteiger charge is 2.34. The summed E-state index contributed by atoms with van der Waals surface area (Å²) >= 11 is 1.35. The molecule has 3 heterocycles.